The maximum Gasteiger partial charge on any atom is 0.264 e. The van der Waals surface area contributed by atoms with Crippen LogP contribution in [0, 0.1) is 0 Å². The highest BCUT2D eigenvalue weighted by molar-refractivity contribution is 8.18. The van der Waals surface area contributed by atoms with Crippen LogP contribution in [-0.2, 0) is 4.79 Å². The Hall–Kier alpha value is -2.18. The summed E-state index contributed by atoms with van der Waals surface area (Å²) in [6.07, 6.45) is 1.66. The summed E-state index contributed by atoms with van der Waals surface area (Å²) in [5, 5.41) is 4.65. The summed E-state index contributed by atoms with van der Waals surface area (Å²) in [5.74, 6) is 0.841. The van der Waals surface area contributed by atoms with Gasteiger partial charge < -0.3 is 9.73 Å². The van der Waals surface area contributed by atoms with Gasteiger partial charge in [-0.3, -0.25) is 4.79 Å². The number of carbonyl (C=O) groups excluding carboxylic acids is 1. The van der Waals surface area contributed by atoms with Crippen molar-refractivity contribution in [2.75, 3.05) is 0 Å². The minimum absolute atomic E-state index is 0.246. The molecule has 1 fully saturated rings. The maximum absolute atomic E-state index is 12.2. The molecule has 0 spiro atoms. The molecule has 140 valence electrons. The first-order valence-corrected chi connectivity index (χ1v) is 10.0. The Labute approximate surface area is 180 Å². The Kier molecular flexibility index (Phi) is 5.51. The van der Waals surface area contributed by atoms with E-state index in [9.17, 15) is 4.79 Å². The Morgan fingerprint density at radius 3 is 2.68 bits per heavy atom. The molecule has 2 heterocycles. The number of nitrogens with one attached hydrogen (secondary N) is 1. The van der Waals surface area contributed by atoms with Crippen molar-refractivity contribution >= 4 is 69.4 Å². The van der Waals surface area contributed by atoms with E-state index in [0.717, 1.165) is 0 Å². The van der Waals surface area contributed by atoms with Crippen molar-refractivity contribution in [3.8, 4) is 11.3 Å². The zero-order valence-corrected chi connectivity index (χ0v) is 17.2. The Bertz CT molecular complexity index is 1140. The maximum atomic E-state index is 12.2. The summed E-state index contributed by atoms with van der Waals surface area (Å²) in [6.45, 7) is 0. The monoisotopic (exact) mass is 448 g/mol. The lowest BCUT2D eigenvalue weighted by Crippen LogP contribution is -2.19. The number of aliphatic imine (C=N–C) groups is 1. The summed E-state index contributed by atoms with van der Waals surface area (Å²) in [5.41, 5.74) is 1.35. The number of halogens is 3. The van der Waals surface area contributed by atoms with E-state index >= 15 is 0 Å². The number of furan rings is 1. The third-order valence-electron chi connectivity index (χ3n) is 3.81. The van der Waals surface area contributed by atoms with Crippen molar-refractivity contribution in [1.29, 1.82) is 0 Å². The van der Waals surface area contributed by atoms with Crippen LogP contribution in [0.5, 0.6) is 0 Å². The third kappa shape index (κ3) is 4.13. The lowest BCUT2D eigenvalue weighted by molar-refractivity contribution is -0.115. The Morgan fingerprint density at radius 1 is 1.04 bits per heavy atom. The summed E-state index contributed by atoms with van der Waals surface area (Å²) >= 11 is 19.5. The smallest absolute Gasteiger partial charge is 0.264 e. The number of hydrogen-bond acceptors (Lipinski definition) is 4. The van der Waals surface area contributed by atoms with Gasteiger partial charge in [0.05, 0.1) is 20.6 Å². The highest BCUT2D eigenvalue weighted by atomic mass is 35.5. The van der Waals surface area contributed by atoms with E-state index < -0.39 is 0 Å². The number of hydrogen-bond donors (Lipinski definition) is 1. The third-order valence-corrected chi connectivity index (χ3v) is 5.77. The zero-order valence-electron chi connectivity index (χ0n) is 14.1. The van der Waals surface area contributed by atoms with E-state index in [1.807, 2.05) is 6.07 Å². The van der Waals surface area contributed by atoms with Gasteiger partial charge in [0.1, 0.15) is 11.5 Å². The second-order valence-electron chi connectivity index (χ2n) is 5.76. The predicted octanol–water partition coefficient (Wildman–Crippen LogP) is 6.80. The van der Waals surface area contributed by atoms with E-state index in [1.165, 1.54) is 11.8 Å². The molecule has 2 aromatic carbocycles. The van der Waals surface area contributed by atoms with E-state index in [1.54, 1.807) is 54.6 Å². The van der Waals surface area contributed by atoms with E-state index in [4.69, 9.17) is 39.2 Å². The first-order valence-electron chi connectivity index (χ1n) is 8.09. The molecule has 0 radical (unpaired) electrons. The van der Waals surface area contributed by atoms with Gasteiger partial charge in [-0.25, -0.2) is 4.99 Å². The number of amides is 1. The van der Waals surface area contributed by atoms with Crippen LogP contribution in [0.15, 0.2) is 68.9 Å². The highest BCUT2D eigenvalue weighted by Crippen LogP contribution is 2.35. The molecule has 0 aliphatic carbocycles. The molecular formula is C20H11Cl3N2O2S. The van der Waals surface area contributed by atoms with Crippen LogP contribution in [0.4, 0.5) is 5.69 Å². The van der Waals surface area contributed by atoms with Crippen LogP contribution in [0.2, 0.25) is 15.1 Å². The largest absolute Gasteiger partial charge is 0.457 e. The fraction of sp³-hybridized carbons (Fsp3) is 0. The minimum Gasteiger partial charge on any atom is -0.457 e. The van der Waals surface area contributed by atoms with Crippen LogP contribution >= 0.6 is 46.6 Å². The van der Waals surface area contributed by atoms with Crippen LogP contribution in [0.25, 0.3) is 17.4 Å². The molecule has 1 amide bonds. The van der Waals surface area contributed by atoms with Gasteiger partial charge in [0.2, 0.25) is 0 Å². The zero-order chi connectivity index (χ0) is 19.7. The molecule has 0 atom stereocenters. The molecule has 0 saturated carbocycles. The van der Waals surface area contributed by atoms with E-state index in [0.29, 0.717) is 47.9 Å². The van der Waals surface area contributed by atoms with Crippen molar-refractivity contribution in [2.24, 2.45) is 4.99 Å². The molecular weight excluding hydrogens is 439 g/mol. The molecule has 0 bridgehead atoms. The molecule has 1 saturated heterocycles. The van der Waals surface area contributed by atoms with Gasteiger partial charge in [-0.05, 0) is 54.2 Å². The summed E-state index contributed by atoms with van der Waals surface area (Å²) < 4.78 is 5.81. The molecule has 28 heavy (non-hydrogen) atoms. The molecule has 3 aromatic rings. The average Bonchev–Trinajstić information content (AvgIpc) is 3.25. The van der Waals surface area contributed by atoms with Gasteiger partial charge >= 0.3 is 0 Å². The first-order chi connectivity index (χ1) is 13.5. The summed E-state index contributed by atoms with van der Waals surface area (Å²) in [4.78, 5) is 17.1. The van der Waals surface area contributed by atoms with Gasteiger partial charge in [0.15, 0.2) is 5.17 Å². The minimum atomic E-state index is -0.246. The number of benzene rings is 2. The van der Waals surface area contributed by atoms with Gasteiger partial charge in [0, 0.05) is 16.7 Å². The predicted molar refractivity (Wildman–Crippen MR) is 116 cm³/mol. The van der Waals surface area contributed by atoms with Crippen molar-refractivity contribution < 1.29 is 9.21 Å². The van der Waals surface area contributed by atoms with Crippen molar-refractivity contribution in [2.45, 2.75) is 0 Å². The van der Waals surface area contributed by atoms with E-state index in [2.05, 4.69) is 10.3 Å². The van der Waals surface area contributed by atoms with Gasteiger partial charge in [-0.2, -0.15) is 0 Å². The van der Waals surface area contributed by atoms with E-state index in [-0.39, 0.29) is 5.91 Å². The fourth-order valence-electron chi connectivity index (χ4n) is 2.54. The quantitative estimate of drug-likeness (QED) is 0.447. The van der Waals surface area contributed by atoms with Crippen molar-refractivity contribution in [3.63, 3.8) is 0 Å². The molecule has 8 heteroatoms. The Balaban J connectivity index is 1.57. The van der Waals surface area contributed by atoms with Crippen LogP contribution in [0.3, 0.4) is 0 Å². The topological polar surface area (TPSA) is 54.6 Å². The molecule has 1 aliphatic rings. The summed E-state index contributed by atoms with van der Waals surface area (Å²) in [6, 6.07) is 15.9. The van der Waals surface area contributed by atoms with Gasteiger partial charge in [-0.15, -0.1) is 0 Å². The highest BCUT2D eigenvalue weighted by Gasteiger charge is 2.24. The number of carbonyl (C=O) groups is 1. The number of amidine groups is 1. The van der Waals surface area contributed by atoms with Crippen LogP contribution in [0.1, 0.15) is 5.76 Å². The standard InChI is InChI=1S/C20H11Cl3N2O2S/c21-11-3-1-4-12(9-11)24-20-25-19(26)17(28-20)10-13-7-8-16(27-13)14-5-2-6-15(22)18(14)23/h1-10H,(H,24,25,26)/b17-10+. The van der Waals surface area contributed by atoms with Gasteiger partial charge in [0.25, 0.3) is 5.91 Å². The first kappa shape index (κ1) is 19.2. The molecule has 1 N–H and O–H groups in total. The molecule has 4 nitrogen and oxygen atoms in total. The second kappa shape index (κ2) is 8.05. The van der Waals surface area contributed by atoms with Crippen LogP contribution < -0.4 is 5.32 Å². The van der Waals surface area contributed by atoms with Crippen molar-refractivity contribution in [1.82, 2.24) is 5.32 Å². The lowest BCUT2D eigenvalue weighted by Gasteiger charge is -2.01. The second-order valence-corrected chi connectivity index (χ2v) is 8.02. The average molecular weight is 450 g/mol. The number of rotatable bonds is 3. The SMILES string of the molecule is O=C1NC(=Nc2cccc(Cl)c2)S/C1=C/c1ccc(-c2cccc(Cl)c2Cl)o1. The summed E-state index contributed by atoms with van der Waals surface area (Å²) in [7, 11) is 0. The fourth-order valence-corrected chi connectivity index (χ4v) is 3.94. The lowest BCUT2D eigenvalue weighted by atomic mass is 10.2. The molecule has 1 aliphatic heterocycles. The normalized spacial score (nSPS) is 16.8. The molecule has 0 unspecified atom stereocenters. The van der Waals surface area contributed by atoms with Gasteiger partial charge in [-0.1, -0.05) is 46.9 Å². The molecule has 1 aromatic heterocycles. The van der Waals surface area contributed by atoms with Crippen LogP contribution in [-0.4, -0.2) is 11.1 Å². The van der Waals surface area contributed by atoms with Crippen molar-refractivity contribution in [3.05, 3.63) is 80.3 Å². The molecule has 4 rings (SSSR count). The number of nitrogens with zero attached hydrogens (tertiary/aromatic N) is 1. The Morgan fingerprint density at radius 2 is 1.86 bits per heavy atom. The number of thioether (sulfide) groups is 1.